The lowest BCUT2D eigenvalue weighted by atomic mass is 9.92. The molecule has 3 rings (SSSR count). The van der Waals surface area contributed by atoms with E-state index in [1.807, 2.05) is 30.4 Å². The fourth-order valence-corrected chi connectivity index (χ4v) is 5.34. The minimum absolute atomic E-state index is 0.470. The summed E-state index contributed by atoms with van der Waals surface area (Å²) in [5.41, 5.74) is -2.56. The SMILES string of the molecule is CCCCN(CCCC)c1ccc(/C=C/c2ccc(/C=C/C3=C(C#N)C(=C(C#N)C#N)OC3(C)C(F)(F)F)s2)c(OC)c1. The summed E-state index contributed by atoms with van der Waals surface area (Å²) in [6.07, 6.45) is 5.99. The molecule has 1 aromatic carbocycles. The molecule has 1 aliphatic heterocycles. The highest BCUT2D eigenvalue weighted by atomic mass is 32.1. The van der Waals surface area contributed by atoms with E-state index in [1.54, 1.807) is 19.2 Å². The van der Waals surface area contributed by atoms with Gasteiger partial charge in [-0.05, 0) is 62.3 Å². The Labute approximate surface area is 254 Å². The minimum Gasteiger partial charge on any atom is -0.496 e. The van der Waals surface area contributed by atoms with Gasteiger partial charge in [0, 0.05) is 45.7 Å². The van der Waals surface area contributed by atoms with E-state index in [4.69, 9.17) is 9.47 Å². The third-order valence-electron chi connectivity index (χ3n) is 7.05. The highest BCUT2D eigenvalue weighted by Gasteiger charge is 2.60. The lowest BCUT2D eigenvalue weighted by Crippen LogP contribution is -2.43. The topological polar surface area (TPSA) is 93.1 Å². The van der Waals surface area contributed by atoms with Crippen LogP contribution < -0.4 is 9.64 Å². The first kappa shape index (κ1) is 33.0. The zero-order chi connectivity index (χ0) is 31.6. The van der Waals surface area contributed by atoms with Gasteiger partial charge < -0.3 is 14.4 Å². The molecule has 0 aliphatic carbocycles. The number of alkyl halides is 3. The molecule has 2 heterocycles. The van der Waals surface area contributed by atoms with Crippen LogP contribution in [0.15, 0.2) is 58.9 Å². The second-order valence-electron chi connectivity index (χ2n) is 9.99. The highest BCUT2D eigenvalue weighted by molar-refractivity contribution is 7.13. The molecule has 1 atom stereocenters. The Morgan fingerprint density at radius 2 is 1.58 bits per heavy atom. The van der Waals surface area contributed by atoms with E-state index >= 15 is 0 Å². The van der Waals surface area contributed by atoms with E-state index < -0.39 is 34.3 Å². The number of hydrogen-bond donors (Lipinski definition) is 0. The summed E-state index contributed by atoms with van der Waals surface area (Å²) in [7, 11) is 1.63. The van der Waals surface area contributed by atoms with Crippen LogP contribution in [0.2, 0.25) is 0 Å². The van der Waals surface area contributed by atoms with Gasteiger partial charge >= 0.3 is 6.18 Å². The van der Waals surface area contributed by atoms with Gasteiger partial charge in [0.05, 0.1) is 7.11 Å². The van der Waals surface area contributed by atoms with Crippen molar-refractivity contribution in [1.29, 1.82) is 15.8 Å². The van der Waals surface area contributed by atoms with Gasteiger partial charge in [-0.1, -0.05) is 32.8 Å². The maximum atomic E-state index is 14.1. The molecule has 0 saturated carbocycles. The zero-order valence-electron chi connectivity index (χ0n) is 24.6. The van der Waals surface area contributed by atoms with E-state index in [9.17, 15) is 29.0 Å². The zero-order valence-corrected chi connectivity index (χ0v) is 25.4. The Kier molecular flexibility index (Phi) is 11.2. The van der Waals surface area contributed by atoms with Crippen molar-refractivity contribution in [3.63, 3.8) is 0 Å². The van der Waals surface area contributed by atoms with E-state index in [0.717, 1.165) is 73.7 Å². The van der Waals surface area contributed by atoms with Gasteiger partial charge in [0.2, 0.25) is 5.60 Å². The number of nitriles is 3. The van der Waals surface area contributed by atoms with Crippen LogP contribution in [-0.4, -0.2) is 32.0 Å². The van der Waals surface area contributed by atoms with Crippen molar-refractivity contribution in [2.24, 2.45) is 0 Å². The van der Waals surface area contributed by atoms with E-state index in [-0.39, 0.29) is 0 Å². The van der Waals surface area contributed by atoms with Crippen LogP contribution in [0.4, 0.5) is 18.9 Å². The van der Waals surface area contributed by atoms with Crippen LogP contribution in [0.25, 0.3) is 18.2 Å². The fourth-order valence-electron chi connectivity index (χ4n) is 4.52. The predicted molar refractivity (Wildman–Crippen MR) is 164 cm³/mol. The van der Waals surface area contributed by atoms with Crippen molar-refractivity contribution in [1.82, 2.24) is 0 Å². The van der Waals surface area contributed by atoms with Gasteiger partial charge in [-0.15, -0.1) is 11.3 Å². The van der Waals surface area contributed by atoms with Crippen LogP contribution in [-0.2, 0) is 4.74 Å². The smallest absolute Gasteiger partial charge is 0.432 e. The lowest BCUT2D eigenvalue weighted by molar-refractivity contribution is -0.236. The van der Waals surface area contributed by atoms with Crippen molar-refractivity contribution < 1.29 is 22.6 Å². The number of allylic oxidation sites excluding steroid dienone is 2. The molecule has 10 heteroatoms. The molecule has 0 fully saturated rings. The summed E-state index contributed by atoms with van der Waals surface area (Å²) < 4.78 is 53.0. The number of ether oxygens (including phenoxy) is 2. The molecule has 2 aromatic rings. The molecule has 0 radical (unpaired) electrons. The van der Waals surface area contributed by atoms with Gasteiger partial charge in [0.15, 0.2) is 11.3 Å². The number of rotatable bonds is 12. The molecule has 1 unspecified atom stereocenters. The maximum absolute atomic E-state index is 14.1. The summed E-state index contributed by atoms with van der Waals surface area (Å²) in [5.74, 6) is 0.0746. The molecule has 1 aromatic heterocycles. The Bertz CT molecular complexity index is 1540. The van der Waals surface area contributed by atoms with Crippen LogP contribution >= 0.6 is 11.3 Å². The van der Waals surface area contributed by atoms with Crippen molar-refractivity contribution >= 4 is 35.3 Å². The molecule has 1 aliphatic rings. The minimum atomic E-state index is -4.91. The van der Waals surface area contributed by atoms with Gasteiger partial charge in [-0.3, -0.25) is 0 Å². The number of unbranched alkanes of at least 4 members (excludes halogenated alkanes) is 2. The first-order chi connectivity index (χ1) is 20.6. The number of halogens is 3. The molecule has 0 bridgehead atoms. The van der Waals surface area contributed by atoms with Crippen molar-refractivity contribution in [2.45, 2.75) is 58.2 Å². The average Bonchev–Trinajstić information content (AvgIpc) is 3.57. The number of hydrogen-bond acceptors (Lipinski definition) is 7. The monoisotopic (exact) mass is 606 g/mol. The Morgan fingerprint density at radius 1 is 0.977 bits per heavy atom. The third-order valence-corrected chi connectivity index (χ3v) is 8.07. The van der Waals surface area contributed by atoms with E-state index in [1.165, 1.54) is 29.6 Å². The molecule has 0 saturated heterocycles. The maximum Gasteiger partial charge on any atom is 0.432 e. The van der Waals surface area contributed by atoms with E-state index in [0.29, 0.717) is 4.88 Å². The Balaban J connectivity index is 1.89. The number of thiophene rings is 1. The second-order valence-corrected chi connectivity index (χ2v) is 11.1. The molecule has 0 amide bonds. The molecule has 43 heavy (non-hydrogen) atoms. The van der Waals surface area contributed by atoms with Gasteiger partial charge in [0.25, 0.3) is 0 Å². The molecular weight excluding hydrogens is 573 g/mol. The first-order valence-electron chi connectivity index (χ1n) is 13.9. The third kappa shape index (κ3) is 7.49. The molecule has 224 valence electrons. The van der Waals surface area contributed by atoms with E-state index in [2.05, 4.69) is 24.8 Å². The fraction of sp³-hybridized carbons (Fsp3) is 0.364. The normalized spacial score (nSPS) is 16.7. The summed E-state index contributed by atoms with van der Waals surface area (Å²) in [4.78, 5) is 3.87. The van der Waals surface area contributed by atoms with Crippen molar-refractivity contribution in [3.8, 4) is 24.0 Å². The molecular formula is C33H33F3N4O2S. The summed E-state index contributed by atoms with van der Waals surface area (Å²) in [6.45, 7) is 7.10. The van der Waals surface area contributed by atoms with Gasteiger partial charge in [-0.25, -0.2) is 0 Å². The van der Waals surface area contributed by atoms with Crippen molar-refractivity contribution in [3.05, 3.63) is 74.2 Å². The second kappa shape index (κ2) is 14.6. The van der Waals surface area contributed by atoms with Crippen LogP contribution in [0, 0.1) is 34.0 Å². The molecule has 0 spiro atoms. The molecule has 0 N–H and O–H groups in total. The summed E-state index contributed by atoms with van der Waals surface area (Å²) in [6, 6.07) is 14.4. The largest absolute Gasteiger partial charge is 0.496 e. The summed E-state index contributed by atoms with van der Waals surface area (Å²) >= 11 is 1.34. The Hall–Kier alpha value is -4.46. The number of anilines is 1. The number of nitrogens with zero attached hydrogens (tertiary/aromatic N) is 4. The van der Waals surface area contributed by atoms with Crippen LogP contribution in [0.1, 0.15) is 61.8 Å². The van der Waals surface area contributed by atoms with Crippen LogP contribution in [0.5, 0.6) is 5.75 Å². The first-order valence-corrected chi connectivity index (χ1v) is 14.7. The highest BCUT2D eigenvalue weighted by Crippen LogP contribution is 2.49. The standard InChI is InChI=1S/C33H33F3N4O2S/c1-5-7-17-40(18-8-6-2)25-11-9-23(30(19-25)41-4)10-12-26-13-14-27(43-26)15-16-29-28(22-39)31(24(20-37)21-38)42-32(29,3)33(34,35)36/h9-16,19H,5-8,17-18H2,1-4H3/b12-10+,16-15+. The lowest BCUT2D eigenvalue weighted by Gasteiger charge is -2.28. The Morgan fingerprint density at radius 3 is 2.09 bits per heavy atom. The number of methoxy groups -OCH3 is 1. The van der Waals surface area contributed by atoms with Crippen molar-refractivity contribution in [2.75, 3.05) is 25.1 Å². The van der Waals surface area contributed by atoms with Crippen LogP contribution in [0.3, 0.4) is 0 Å². The molecule has 6 nitrogen and oxygen atoms in total. The average molecular weight is 607 g/mol. The van der Waals surface area contributed by atoms with Gasteiger partial charge in [0.1, 0.15) is 29.5 Å². The number of benzene rings is 1. The quantitative estimate of drug-likeness (QED) is 0.224. The predicted octanol–water partition coefficient (Wildman–Crippen LogP) is 8.82. The van der Waals surface area contributed by atoms with Gasteiger partial charge in [-0.2, -0.15) is 29.0 Å². The summed E-state index contributed by atoms with van der Waals surface area (Å²) in [5, 5.41) is 28.0.